The van der Waals surface area contributed by atoms with E-state index in [2.05, 4.69) is 16.1 Å². The van der Waals surface area contributed by atoms with E-state index >= 15 is 8.78 Å². The Labute approximate surface area is 281 Å². The zero-order valence-corrected chi connectivity index (χ0v) is 27.2. The largest absolute Gasteiger partial charge is 0.491 e. The Morgan fingerprint density at radius 2 is 1.67 bits per heavy atom. The highest BCUT2D eigenvalue weighted by Crippen LogP contribution is 2.56. The second-order valence-electron chi connectivity index (χ2n) is 12.5. The van der Waals surface area contributed by atoms with Gasteiger partial charge in [0.2, 0.25) is 5.91 Å². The predicted molar refractivity (Wildman–Crippen MR) is 164 cm³/mol. The molecule has 1 saturated heterocycles. The zero-order valence-electron chi connectivity index (χ0n) is 25.7. The van der Waals surface area contributed by atoms with Crippen LogP contribution in [0.15, 0.2) is 54.6 Å². The van der Waals surface area contributed by atoms with Crippen molar-refractivity contribution >= 4 is 46.7 Å². The van der Waals surface area contributed by atoms with Crippen molar-refractivity contribution in [1.82, 2.24) is 4.90 Å². The number of halogens is 8. The van der Waals surface area contributed by atoms with Crippen molar-refractivity contribution in [2.75, 3.05) is 12.4 Å². The Morgan fingerprint density at radius 3 is 2.23 bits per heavy atom. The molecular weight excluding hydrogens is 687 g/mol. The quantitative estimate of drug-likeness (QED) is 0.158. The molecular formula is C33H27Cl2F6N3O4. The third-order valence-corrected chi connectivity index (χ3v) is 8.62. The number of rotatable bonds is 6. The summed E-state index contributed by atoms with van der Waals surface area (Å²) in [5, 5.41) is 13.2. The number of nitrogens with zero attached hydrogens (tertiary/aromatic N) is 2. The minimum atomic E-state index is -5.51. The maximum atomic E-state index is 15.9. The fourth-order valence-corrected chi connectivity index (χ4v) is 6.49. The van der Waals surface area contributed by atoms with Gasteiger partial charge in [-0.15, -0.1) is 0 Å². The molecule has 1 amide bonds. The highest BCUT2D eigenvalue weighted by atomic mass is 35.5. The molecule has 0 unspecified atom stereocenters. The molecule has 0 aromatic heterocycles. The molecule has 1 aliphatic heterocycles. The summed E-state index contributed by atoms with van der Waals surface area (Å²) >= 11 is 12.2. The number of alkyl halides is 3. The first-order valence-corrected chi connectivity index (χ1v) is 14.9. The van der Waals surface area contributed by atoms with Gasteiger partial charge in [0.25, 0.3) is 0 Å². The molecule has 0 saturated carbocycles. The smallest absolute Gasteiger partial charge is 0.383 e. The molecule has 0 radical (unpaired) electrons. The van der Waals surface area contributed by atoms with Crippen molar-refractivity contribution in [3.63, 3.8) is 0 Å². The second kappa shape index (κ2) is 13.4. The monoisotopic (exact) mass is 713 g/mol. The summed E-state index contributed by atoms with van der Waals surface area (Å²) in [7, 11) is 1.50. The summed E-state index contributed by atoms with van der Waals surface area (Å²) in [4.78, 5) is 38.7. The van der Waals surface area contributed by atoms with Crippen LogP contribution in [0.3, 0.4) is 0 Å². The third kappa shape index (κ3) is 7.02. The van der Waals surface area contributed by atoms with Gasteiger partial charge in [0.15, 0.2) is 0 Å². The van der Waals surface area contributed by atoms with Gasteiger partial charge in [-0.3, -0.25) is 9.69 Å². The van der Waals surface area contributed by atoms with E-state index in [-0.39, 0.29) is 33.3 Å². The first-order chi connectivity index (χ1) is 22.2. The first-order valence-electron chi connectivity index (χ1n) is 14.2. The number of likely N-dealkylation sites (tertiary alicyclic amines) is 1. The molecule has 7 nitrogen and oxygen atoms in total. The van der Waals surface area contributed by atoms with Gasteiger partial charge < -0.3 is 10.1 Å². The number of carbonyl (C=O) groups is 3. The predicted octanol–water partition coefficient (Wildman–Crippen LogP) is 7.96. The lowest BCUT2D eigenvalue weighted by Crippen LogP contribution is -2.45. The standard InChI is InChI=1S/C33H27Cl2F6N3O4/c1-31(2,3)14-24-32(15-42,20-11-8-16(34)12-23(20)37)25(19-6-5-7-21(35)26(19)38)27(44(24)4)28(45)43-17-9-10-18(22(36)13-17)29(46)48-30(47)33(39,40)41/h5-13,24-25,27H,14H2,1-4H3,(H,43,45)/t24-,25-,27+,32-/m0/s1. The number of nitriles is 1. The maximum absolute atomic E-state index is 15.9. The number of amides is 1. The van der Waals surface area contributed by atoms with E-state index in [1.54, 1.807) is 0 Å². The van der Waals surface area contributed by atoms with E-state index in [0.29, 0.717) is 12.1 Å². The average Bonchev–Trinajstić information content (AvgIpc) is 3.20. The Kier molecular flexibility index (Phi) is 10.3. The minimum Gasteiger partial charge on any atom is -0.383 e. The van der Waals surface area contributed by atoms with E-state index in [0.717, 1.165) is 12.1 Å². The molecule has 0 spiro atoms. The van der Waals surface area contributed by atoms with Crippen LogP contribution in [-0.4, -0.2) is 48.1 Å². The summed E-state index contributed by atoms with van der Waals surface area (Å²) in [5.74, 6) is -10.4. The number of esters is 2. The molecule has 15 heteroatoms. The van der Waals surface area contributed by atoms with Crippen LogP contribution in [0.2, 0.25) is 10.0 Å². The molecule has 48 heavy (non-hydrogen) atoms. The van der Waals surface area contributed by atoms with E-state index in [1.807, 2.05) is 20.8 Å². The summed E-state index contributed by atoms with van der Waals surface area (Å²) in [6.45, 7) is 5.59. The van der Waals surface area contributed by atoms with E-state index in [9.17, 15) is 37.2 Å². The SMILES string of the molecule is CN1[C@@H](CC(C)(C)C)[C@](C#N)(c2ccc(Cl)cc2F)[C@@H](c2cccc(Cl)c2F)[C@@H]1C(=O)Nc1ccc(C(=O)OC(=O)C(F)(F)F)c(F)c1. The number of likely N-dealkylation sites (N-methyl/N-ethyl adjacent to an activating group) is 1. The Bertz CT molecular complexity index is 1820. The average molecular weight is 714 g/mol. The summed E-state index contributed by atoms with van der Waals surface area (Å²) in [5.41, 5.74) is -4.12. The number of hydrogen-bond acceptors (Lipinski definition) is 6. The van der Waals surface area contributed by atoms with Gasteiger partial charge in [0.1, 0.15) is 22.9 Å². The Balaban J connectivity index is 1.86. The molecule has 1 heterocycles. The van der Waals surface area contributed by atoms with E-state index in [1.165, 1.54) is 42.3 Å². The fourth-order valence-electron chi connectivity index (χ4n) is 6.15. The van der Waals surface area contributed by atoms with Crippen molar-refractivity contribution < 1.29 is 45.5 Å². The van der Waals surface area contributed by atoms with Gasteiger partial charge in [-0.25, -0.2) is 22.8 Å². The number of anilines is 1. The van der Waals surface area contributed by atoms with Gasteiger partial charge in [-0.05, 0) is 60.8 Å². The fraction of sp³-hybridized carbons (Fsp3) is 0.333. The Morgan fingerprint density at radius 1 is 1.00 bits per heavy atom. The number of ether oxygens (including phenoxy) is 1. The zero-order chi connectivity index (χ0) is 35.9. The molecule has 1 fully saturated rings. The highest BCUT2D eigenvalue weighted by Gasteiger charge is 2.64. The second-order valence-corrected chi connectivity index (χ2v) is 13.3. The van der Waals surface area contributed by atoms with Crippen molar-refractivity contribution in [2.24, 2.45) is 5.41 Å². The van der Waals surface area contributed by atoms with Crippen molar-refractivity contribution in [3.8, 4) is 6.07 Å². The van der Waals surface area contributed by atoms with Gasteiger partial charge in [-0.1, -0.05) is 62.2 Å². The molecule has 0 aliphatic carbocycles. The normalized spacial score (nSPS) is 21.4. The van der Waals surface area contributed by atoms with Crippen LogP contribution < -0.4 is 5.32 Å². The van der Waals surface area contributed by atoms with Gasteiger partial charge >= 0.3 is 18.1 Å². The number of carbonyl (C=O) groups excluding carboxylic acids is 3. The van der Waals surface area contributed by atoms with E-state index < -0.39 is 75.9 Å². The highest BCUT2D eigenvalue weighted by molar-refractivity contribution is 6.31. The molecule has 254 valence electrons. The van der Waals surface area contributed by atoms with Crippen molar-refractivity contribution in [2.45, 2.75) is 56.8 Å². The summed E-state index contributed by atoms with van der Waals surface area (Å²) < 4.78 is 87.9. The minimum absolute atomic E-state index is 0.0277. The molecule has 1 aliphatic rings. The third-order valence-electron chi connectivity index (χ3n) is 8.09. The van der Waals surface area contributed by atoms with E-state index in [4.69, 9.17) is 23.2 Å². The van der Waals surface area contributed by atoms with Crippen LogP contribution in [-0.2, 0) is 19.7 Å². The van der Waals surface area contributed by atoms with Crippen molar-refractivity contribution in [3.05, 3.63) is 98.8 Å². The topological polar surface area (TPSA) is 99.5 Å². The van der Waals surface area contributed by atoms with Crippen LogP contribution in [0.25, 0.3) is 0 Å². The maximum Gasteiger partial charge on any atom is 0.491 e. The van der Waals surface area contributed by atoms with Crippen molar-refractivity contribution in [1.29, 1.82) is 5.26 Å². The van der Waals surface area contributed by atoms with Crippen LogP contribution in [0.4, 0.5) is 32.0 Å². The summed E-state index contributed by atoms with van der Waals surface area (Å²) in [6, 6.07) is 9.76. The molecule has 1 N–H and O–H groups in total. The number of nitrogens with one attached hydrogen (secondary N) is 1. The van der Waals surface area contributed by atoms with Crippen LogP contribution in [0.1, 0.15) is 54.6 Å². The lowest BCUT2D eigenvalue weighted by molar-refractivity contribution is -0.193. The lowest BCUT2D eigenvalue weighted by Gasteiger charge is -2.38. The molecule has 4 atom stereocenters. The lowest BCUT2D eigenvalue weighted by atomic mass is 9.62. The van der Waals surface area contributed by atoms with Gasteiger partial charge in [0.05, 0.1) is 22.7 Å². The van der Waals surface area contributed by atoms with Gasteiger partial charge in [-0.2, -0.15) is 18.4 Å². The molecule has 4 rings (SSSR count). The summed E-state index contributed by atoms with van der Waals surface area (Å²) in [6.07, 6.45) is -5.31. The van der Waals surface area contributed by atoms with Crippen LogP contribution in [0, 0.1) is 34.2 Å². The Hall–Kier alpha value is -4.12. The van der Waals surface area contributed by atoms with Crippen LogP contribution in [0.5, 0.6) is 0 Å². The molecule has 3 aromatic carbocycles. The molecule has 3 aromatic rings. The molecule has 0 bridgehead atoms. The number of benzene rings is 3. The van der Waals surface area contributed by atoms with Gasteiger partial charge in [0, 0.05) is 28.2 Å². The first kappa shape index (κ1) is 36.7. The number of hydrogen-bond donors (Lipinski definition) is 1. The van der Waals surface area contributed by atoms with Crippen LogP contribution >= 0.6 is 23.2 Å².